The van der Waals surface area contributed by atoms with Crippen LogP contribution >= 0.6 is 11.6 Å². The number of hydrogen-bond acceptors (Lipinski definition) is 6. The van der Waals surface area contributed by atoms with Gasteiger partial charge in [0.2, 0.25) is 0 Å². The van der Waals surface area contributed by atoms with Gasteiger partial charge in [-0.05, 0) is 50.5 Å². The largest absolute Gasteiger partial charge is 0.573 e. The zero-order valence-corrected chi connectivity index (χ0v) is 19.1. The molecule has 2 aliphatic rings. The molecule has 1 aromatic carbocycles. The summed E-state index contributed by atoms with van der Waals surface area (Å²) < 4.78 is 61.6. The maximum atomic E-state index is 14.2. The van der Waals surface area contributed by atoms with Crippen molar-refractivity contribution in [3.8, 4) is 5.75 Å². The molecule has 0 spiro atoms. The Morgan fingerprint density at radius 3 is 2.37 bits per heavy atom. The standard InChI is InChI=1S/C22H21ClF4N4O4/c1-21(12-9-28-11-29-10-12,20(33)30-16-8-15-6-7-17(16)34-15)31(19(32)18(23)24)13-2-4-14(5-3-13)35-22(25,26)27/h2-5,9-11,15-18H,6-8H2,1H3,(H,30,33)/t15-,16+,17+,18-,21+/m0/s1. The molecule has 0 unspecified atom stereocenters. The van der Waals surface area contributed by atoms with E-state index in [0.717, 1.165) is 42.0 Å². The van der Waals surface area contributed by atoms with E-state index >= 15 is 0 Å². The molecule has 5 atom stereocenters. The summed E-state index contributed by atoms with van der Waals surface area (Å²) >= 11 is 5.50. The quantitative estimate of drug-likeness (QED) is 0.446. The van der Waals surface area contributed by atoms with Crippen molar-refractivity contribution < 1.29 is 36.6 Å². The highest BCUT2D eigenvalue weighted by molar-refractivity contribution is 6.32. The maximum absolute atomic E-state index is 14.2. The highest BCUT2D eigenvalue weighted by Gasteiger charge is 2.50. The number of rotatable bonds is 7. The first-order valence-corrected chi connectivity index (χ1v) is 11.1. The van der Waals surface area contributed by atoms with Crippen molar-refractivity contribution in [2.45, 2.75) is 62.0 Å². The van der Waals surface area contributed by atoms with E-state index in [9.17, 15) is 27.2 Å². The summed E-state index contributed by atoms with van der Waals surface area (Å²) in [4.78, 5) is 35.4. The number of amides is 2. The van der Waals surface area contributed by atoms with Crippen LogP contribution in [0.1, 0.15) is 31.7 Å². The Morgan fingerprint density at radius 2 is 1.86 bits per heavy atom. The van der Waals surface area contributed by atoms with Gasteiger partial charge in [0.15, 0.2) is 5.54 Å². The van der Waals surface area contributed by atoms with Crippen LogP contribution < -0.4 is 15.0 Å². The Bertz CT molecular complexity index is 1070. The summed E-state index contributed by atoms with van der Waals surface area (Å²) in [7, 11) is 0. The van der Waals surface area contributed by atoms with Crippen molar-refractivity contribution in [3.05, 3.63) is 48.5 Å². The van der Waals surface area contributed by atoms with E-state index in [4.69, 9.17) is 16.3 Å². The Labute approximate surface area is 202 Å². The second-order valence-corrected chi connectivity index (χ2v) is 8.79. The van der Waals surface area contributed by atoms with Crippen LogP contribution in [0.15, 0.2) is 43.0 Å². The Morgan fingerprint density at radius 1 is 1.20 bits per heavy atom. The van der Waals surface area contributed by atoms with Gasteiger partial charge in [-0.3, -0.25) is 14.5 Å². The van der Waals surface area contributed by atoms with Crippen LogP contribution in [0.5, 0.6) is 5.75 Å². The average molecular weight is 517 g/mol. The highest BCUT2D eigenvalue weighted by Crippen LogP contribution is 2.38. The summed E-state index contributed by atoms with van der Waals surface area (Å²) in [6.07, 6.45) is 0.900. The van der Waals surface area contributed by atoms with E-state index < -0.39 is 35.1 Å². The van der Waals surface area contributed by atoms with E-state index in [-0.39, 0.29) is 29.5 Å². The lowest BCUT2D eigenvalue weighted by Crippen LogP contribution is -2.60. The van der Waals surface area contributed by atoms with Crippen molar-refractivity contribution in [1.29, 1.82) is 0 Å². The molecule has 2 aliphatic heterocycles. The first-order chi connectivity index (χ1) is 16.5. The van der Waals surface area contributed by atoms with Crippen molar-refractivity contribution in [2.24, 2.45) is 0 Å². The Hall–Kier alpha value is -2.99. The lowest BCUT2D eigenvalue weighted by molar-refractivity contribution is -0.274. The molecule has 2 fully saturated rings. The number of hydrogen-bond donors (Lipinski definition) is 1. The number of nitrogens with one attached hydrogen (secondary N) is 1. The van der Waals surface area contributed by atoms with Crippen LogP contribution in [0.4, 0.5) is 23.2 Å². The van der Waals surface area contributed by atoms with E-state index in [0.29, 0.717) is 6.42 Å². The summed E-state index contributed by atoms with van der Waals surface area (Å²) in [5, 5.41) is 2.88. The lowest BCUT2D eigenvalue weighted by Gasteiger charge is -2.41. The predicted molar refractivity (Wildman–Crippen MR) is 115 cm³/mol. The first-order valence-electron chi connectivity index (χ1n) is 10.7. The zero-order chi connectivity index (χ0) is 25.4. The van der Waals surface area contributed by atoms with Crippen LogP contribution in [0, 0.1) is 0 Å². The average Bonchev–Trinajstić information content (AvgIpc) is 3.43. The SMILES string of the molecule is C[C@](C(=O)N[C@@H]1C[C@@H]2CC[C@H]1O2)(c1cncnc1)N(C(=O)[C@H](F)Cl)c1ccc(OC(F)(F)F)cc1. The predicted octanol–water partition coefficient (Wildman–Crippen LogP) is 3.59. The fourth-order valence-corrected chi connectivity index (χ4v) is 4.61. The topological polar surface area (TPSA) is 93.6 Å². The molecule has 0 radical (unpaired) electrons. The van der Waals surface area contributed by atoms with Crippen LogP contribution in [-0.2, 0) is 19.9 Å². The molecule has 0 saturated carbocycles. The minimum Gasteiger partial charge on any atom is -0.406 e. The number of nitrogens with zero attached hydrogens (tertiary/aromatic N) is 3. The third kappa shape index (κ3) is 5.18. The number of ether oxygens (including phenoxy) is 2. The van der Waals surface area contributed by atoms with Gasteiger partial charge in [-0.25, -0.2) is 14.4 Å². The first kappa shape index (κ1) is 25.1. The third-order valence-corrected chi connectivity index (χ3v) is 6.36. The Balaban J connectivity index is 1.75. The molecule has 2 saturated heterocycles. The summed E-state index contributed by atoms with van der Waals surface area (Å²) in [5.74, 6) is -2.55. The minimum atomic E-state index is -4.93. The van der Waals surface area contributed by atoms with Gasteiger partial charge in [-0.2, -0.15) is 0 Å². The summed E-state index contributed by atoms with van der Waals surface area (Å²) in [6.45, 7) is 1.35. The van der Waals surface area contributed by atoms with Gasteiger partial charge >= 0.3 is 6.36 Å². The molecule has 2 bridgehead atoms. The molecule has 3 heterocycles. The molecule has 8 nitrogen and oxygen atoms in total. The molecular weight excluding hydrogens is 496 g/mol. The molecule has 1 N–H and O–H groups in total. The zero-order valence-electron chi connectivity index (χ0n) is 18.3. The number of aromatic nitrogens is 2. The third-order valence-electron chi connectivity index (χ3n) is 6.17. The molecule has 0 aliphatic carbocycles. The van der Waals surface area contributed by atoms with Crippen LogP contribution in [0.25, 0.3) is 0 Å². The van der Waals surface area contributed by atoms with Gasteiger partial charge in [-0.1, -0.05) is 11.6 Å². The van der Waals surface area contributed by atoms with Crippen molar-refractivity contribution in [1.82, 2.24) is 15.3 Å². The Kier molecular flexibility index (Phi) is 6.87. The maximum Gasteiger partial charge on any atom is 0.573 e. The smallest absolute Gasteiger partial charge is 0.406 e. The van der Waals surface area contributed by atoms with Crippen LogP contribution in [-0.4, -0.2) is 52.0 Å². The number of alkyl halides is 5. The lowest BCUT2D eigenvalue weighted by atomic mass is 9.88. The fourth-order valence-electron chi connectivity index (χ4n) is 4.51. The molecule has 188 valence electrons. The van der Waals surface area contributed by atoms with Gasteiger partial charge in [0.05, 0.1) is 18.2 Å². The van der Waals surface area contributed by atoms with Crippen molar-refractivity contribution >= 4 is 29.1 Å². The second-order valence-electron chi connectivity index (χ2n) is 8.40. The van der Waals surface area contributed by atoms with Gasteiger partial charge < -0.3 is 14.8 Å². The molecule has 35 heavy (non-hydrogen) atoms. The van der Waals surface area contributed by atoms with E-state index in [2.05, 4.69) is 20.0 Å². The van der Waals surface area contributed by atoms with Gasteiger partial charge in [0, 0.05) is 23.6 Å². The number of carbonyl (C=O) groups is 2. The summed E-state index contributed by atoms with van der Waals surface area (Å²) in [6, 6.07) is 3.73. The number of benzene rings is 1. The molecule has 1 aromatic heterocycles. The van der Waals surface area contributed by atoms with Gasteiger partial charge in [0.1, 0.15) is 12.1 Å². The van der Waals surface area contributed by atoms with Gasteiger partial charge in [0.25, 0.3) is 17.4 Å². The molecule has 2 amide bonds. The van der Waals surface area contributed by atoms with E-state index in [1.165, 1.54) is 25.6 Å². The summed E-state index contributed by atoms with van der Waals surface area (Å²) in [5.41, 5.74) is -4.45. The number of anilines is 1. The van der Waals surface area contributed by atoms with E-state index in [1.54, 1.807) is 0 Å². The number of fused-ring (bicyclic) bond motifs is 2. The fraction of sp³-hybridized carbons (Fsp3) is 0.455. The van der Waals surface area contributed by atoms with Crippen LogP contribution in [0.3, 0.4) is 0 Å². The molecule has 13 heteroatoms. The second kappa shape index (κ2) is 9.57. The monoisotopic (exact) mass is 516 g/mol. The number of halogens is 5. The molecular formula is C22H21ClF4N4O4. The van der Waals surface area contributed by atoms with Crippen molar-refractivity contribution in [3.63, 3.8) is 0 Å². The highest BCUT2D eigenvalue weighted by atomic mass is 35.5. The minimum absolute atomic E-state index is 0.0218. The van der Waals surface area contributed by atoms with Gasteiger partial charge in [-0.15, -0.1) is 13.2 Å². The molecule has 2 aromatic rings. The van der Waals surface area contributed by atoms with E-state index in [1.807, 2.05) is 0 Å². The number of carbonyl (C=O) groups excluding carboxylic acids is 2. The molecule has 4 rings (SSSR count). The normalized spacial score (nSPS) is 23.9. The van der Waals surface area contributed by atoms with Crippen molar-refractivity contribution in [2.75, 3.05) is 4.90 Å². The van der Waals surface area contributed by atoms with Crippen LogP contribution in [0.2, 0.25) is 0 Å².